The van der Waals surface area contributed by atoms with E-state index in [0.717, 1.165) is 30.0 Å². The second-order valence-electron chi connectivity index (χ2n) is 6.81. The van der Waals surface area contributed by atoms with E-state index in [1.165, 1.54) is 13.0 Å². The zero-order valence-corrected chi connectivity index (χ0v) is 16.4. The number of fused-ring (bicyclic) bond motifs is 1. The molecule has 0 spiro atoms. The van der Waals surface area contributed by atoms with Crippen LogP contribution in [0.5, 0.6) is 11.5 Å². The van der Waals surface area contributed by atoms with E-state index in [0.29, 0.717) is 24.5 Å². The topological polar surface area (TPSA) is 72.8 Å². The first-order valence-electron chi connectivity index (χ1n) is 9.68. The van der Waals surface area contributed by atoms with Crippen LogP contribution in [-0.2, 0) is 4.74 Å². The van der Waals surface area contributed by atoms with Gasteiger partial charge < -0.3 is 14.6 Å². The maximum Gasteiger partial charge on any atom is 0.338 e. The summed E-state index contributed by atoms with van der Waals surface area (Å²) in [5.74, 6) is -0.243. The highest BCUT2D eigenvalue weighted by Crippen LogP contribution is 2.28. The lowest BCUT2D eigenvalue weighted by molar-refractivity contribution is 0.0497. The summed E-state index contributed by atoms with van der Waals surface area (Å²) in [4.78, 5) is 23.8. The van der Waals surface area contributed by atoms with Crippen LogP contribution in [0.25, 0.3) is 10.8 Å². The SMILES string of the molecule is CC(=O)c1c(O)cccc1OCCCCCOC(=O)c1ccc2ccccc2c1. The molecule has 0 amide bonds. The van der Waals surface area contributed by atoms with Gasteiger partial charge in [0.05, 0.1) is 18.8 Å². The number of ether oxygens (including phenoxy) is 2. The molecule has 0 saturated heterocycles. The Morgan fingerprint density at radius 1 is 0.862 bits per heavy atom. The Hall–Kier alpha value is -3.34. The number of esters is 1. The molecule has 0 aliphatic heterocycles. The molecule has 5 heteroatoms. The van der Waals surface area contributed by atoms with Gasteiger partial charge in [0.1, 0.15) is 17.1 Å². The number of phenols is 1. The number of hydrogen-bond donors (Lipinski definition) is 1. The van der Waals surface area contributed by atoms with Crippen LogP contribution in [0.2, 0.25) is 0 Å². The van der Waals surface area contributed by atoms with Gasteiger partial charge in [0.2, 0.25) is 0 Å². The van der Waals surface area contributed by atoms with Crippen LogP contribution >= 0.6 is 0 Å². The van der Waals surface area contributed by atoms with E-state index in [-0.39, 0.29) is 23.1 Å². The molecule has 0 aliphatic carbocycles. The molecule has 0 bridgehead atoms. The van der Waals surface area contributed by atoms with Gasteiger partial charge >= 0.3 is 5.97 Å². The average molecular weight is 392 g/mol. The van der Waals surface area contributed by atoms with Gasteiger partial charge in [0, 0.05) is 0 Å². The fourth-order valence-electron chi connectivity index (χ4n) is 3.12. The van der Waals surface area contributed by atoms with Crippen LogP contribution in [0, 0.1) is 0 Å². The first-order valence-corrected chi connectivity index (χ1v) is 9.68. The van der Waals surface area contributed by atoms with Crippen molar-refractivity contribution in [3.8, 4) is 11.5 Å². The number of aromatic hydroxyl groups is 1. The third kappa shape index (κ3) is 5.35. The minimum absolute atomic E-state index is 0.0735. The van der Waals surface area contributed by atoms with Crippen molar-refractivity contribution < 1.29 is 24.2 Å². The molecule has 0 aromatic heterocycles. The monoisotopic (exact) mass is 392 g/mol. The van der Waals surface area contributed by atoms with E-state index in [1.54, 1.807) is 18.2 Å². The van der Waals surface area contributed by atoms with Gasteiger partial charge in [-0.15, -0.1) is 0 Å². The summed E-state index contributed by atoms with van der Waals surface area (Å²) < 4.78 is 11.0. The zero-order chi connectivity index (χ0) is 20.6. The van der Waals surface area contributed by atoms with Gasteiger partial charge in [-0.3, -0.25) is 4.79 Å². The van der Waals surface area contributed by atoms with Crippen molar-refractivity contribution >= 4 is 22.5 Å². The normalized spacial score (nSPS) is 10.7. The van der Waals surface area contributed by atoms with Gasteiger partial charge in [-0.05, 0) is 61.2 Å². The largest absolute Gasteiger partial charge is 0.507 e. The van der Waals surface area contributed by atoms with Gasteiger partial charge in [0.15, 0.2) is 5.78 Å². The number of Topliss-reactive ketones (excluding diaryl/α,β-unsaturated/α-hetero) is 1. The van der Waals surface area contributed by atoms with Crippen molar-refractivity contribution in [1.29, 1.82) is 0 Å². The molecule has 0 unspecified atom stereocenters. The molecule has 5 nitrogen and oxygen atoms in total. The Balaban J connectivity index is 1.38. The molecule has 150 valence electrons. The number of unbranched alkanes of at least 4 members (excludes halogenated alkanes) is 2. The maximum absolute atomic E-state index is 12.2. The molecule has 3 aromatic rings. The number of hydrogen-bond acceptors (Lipinski definition) is 5. The van der Waals surface area contributed by atoms with Crippen molar-refractivity contribution in [2.75, 3.05) is 13.2 Å². The molecule has 0 atom stereocenters. The molecule has 0 radical (unpaired) electrons. The van der Waals surface area contributed by atoms with Crippen molar-refractivity contribution in [2.45, 2.75) is 26.2 Å². The van der Waals surface area contributed by atoms with Crippen molar-refractivity contribution in [1.82, 2.24) is 0 Å². The highest BCUT2D eigenvalue weighted by molar-refractivity contribution is 5.99. The highest BCUT2D eigenvalue weighted by Gasteiger charge is 2.13. The van der Waals surface area contributed by atoms with E-state index < -0.39 is 0 Å². The van der Waals surface area contributed by atoms with Crippen molar-refractivity contribution in [3.63, 3.8) is 0 Å². The average Bonchev–Trinajstić information content (AvgIpc) is 2.72. The molecule has 29 heavy (non-hydrogen) atoms. The van der Waals surface area contributed by atoms with Gasteiger partial charge in [0.25, 0.3) is 0 Å². The molecule has 0 heterocycles. The molecule has 3 rings (SSSR count). The lowest BCUT2D eigenvalue weighted by atomic mass is 10.1. The van der Waals surface area contributed by atoms with E-state index in [4.69, 9.17) is 9.47 Å². The van der Waals surface area contributed by atoms with E-state index in [9.17, 15) is 14.7 Å². The first kappa shape index (κ1) is 20.4. The van der Waals surface area contributed by atoms with E-state index in [2.05, 4.69) is 0 Å². The maximum atomic E-state index is 12.2. The summed E-state index contributed by atoms with van der Waals surface area (Å²) in [7, 11) is 0. The van der Waals surface area contributed by atoms with Crippen molar-refractivity contribution in [3.05, 3.63) is 71.8 Å². The van der Waals surface area contributed by atoms with Crippen LogP contribution in [-0.4, -0.2) is 30.1 Å². The third-order valence-corrected chi connectivity index (χ3v) is 4.62. The number of benzene rings is 3. The summed E-state index contributed by atoms with van der Waals surface area (Å²) in [6, 6.07) is 18.2. The Morgan fingerprint density at radius 3 is 2.41 bits per heavy atom. The quantitative estimate of drug-likeness (QED) is 0.310. The van der Waals surface area contributed by atoms with Gasteiger partial charge in [-0.1, -0.05) is 36.4 Å². The van der Waals surface area contributed by atoms with Crippen LogP contribution in [0.3, 0.4) is 0 Å². The second kappa shape index (κ2) is 9.73. The molecular weight excluding hydrogens is 368 g/mol. The summed E-state index contributed by atoms with van der Waals surface area (Å²) in [6.07, 6.45) is 2.29. The van der Waals surface area contributed by atoms with Crippen LogP contribution < -0.4 is 4.74 Å². The smallest absolute Gasteiger partial charge is 0.338 e. The van der Waals surface area contributed by atoms with E-state index in [1.807, 2.05) is 36.4 Å². The fourth-order valence-corrected chi connectivity index (χ4v) is 3.12. The lowest BCUT2D eigenvalue weighted by Gasteiger charge is -2.11. The molecule has 3 aromatic carbocycles. The van der Waals surface area contributed by atoms with E-state index >= 15 is 0 Å². The Labute approximate surface area is 169 Å². The van der Waals surface area contributed by atoms with Crippen LogP contribution in [0.15, 0.2) is 60.7 Å². The summed E-state index contributed by atoms with van der Waals surface area (Å²) in [6.45, 7) is 2.16. The Bertz CT molecular complexity index is 1010. The zero-order valence-electron chi connectivity index (χ0n) is 16.4. The van der Waals surface area contributed by atoms with Gasteiger partial charge in [-0.2, -0.15) is 0 Å². The predicted octanol–water partition coefficient (Wildman–Crippen LogP) is 5.15. The van der Waals surface area contributed by atoms with Crippen molar-refractivity contribution in [2.24, 2.45) is 0 Å². The van der Waals surface area contributed by atoms with Gasteiger partial charge in [-0.25, -0.2) is 4.79 Å². The third-order valence-electron chi connectivity index (χ3n) is 4.62. The van der Waals surface area contributed by atoms with Crippen LogP contribution in [0.1, 0.15) is 46.9 Å². The highest BCUT2D eigenvalue weighted by atomic mass is 16.5. The standard InChI is InChI=1S/C24H24O5/c1-17(25)23-21(26)10-7-11-22(23)28-14-5-2-6-15-29-24(27)20-13-12-18-8-3-4-9-19(18)16-20/h3-4,7-13,16,26H,2,5-6,14-15H2,1H3. The Kier molecular flexibility index (Phi) is 6.85. The molecule has 0 aliphatic rings. The number of rotatable bonds is 9. The summed E-state index contributed by atoms with van der Waals surface area (Å²) >= 11 is 0. The summed E-state index contributed by atoms with van der Waals surface area (Å²) in [5.41, 5.74) is 0.754. The number of carbonyl (C=O) groups excluding carboxylic acids is 2. The number of ketones is 1. The molecule has 0 saturated carbocycles. The molecular formula is C24H24O5. The summed E-state index contributed by atoms with van der Waals surface area (Å²) in [5, 5.41) is 11.9. The van der Waals surface area contributed by atoms with Crippen LogP contribution in [0.4, 0.5) is 0 Å². The molecule has 0 fully saturated rings. The first-order chi connectivity index (χ1) is 14.1. The lowest BCUT2D eigenvalue weighted by Crippen LogP contribution is -2.07. The fraction of sp³-hybridized carbons (Fsp3) is 0.250. The Morgan fingerprint density at radius 2 is 1.62 bits per heavy atom. The number of carbonyl (C=O) groups is 2. The molecule has 1 N–H and O–H groups in total. The predicted molar refractivity (Wildman–Crippen MR) is 112 cm³/mol. The number of phenolic OH excluding ortho intramolecular Hbond substituents is 1. The minimum Gasteiger partial charge on any atom is -0.507 e. The second-order valence-corrected chi connectivity index (χ2v) is 6.81. The minimum atomic E-state index is -0.321.